The lowest BCUT2D eigenvalue weighted by molar-refractivity contribution is 0.0998. The third kappa shape index (κ3) is 2.60. The summed E-state index contributed by atoms with van der Waals surface area (Å²) in [6, 6.07) is 18.0. The first-order valence-electron chi connectivity index (χ1n) is 7.15. The fourth-order valence-corrected chi connectivity index (χ4v) is 2.94. The summed E-state index contributed by atoms with van der Waals surface area (Å²) in [7, 11) is 0. The molecule has 0 saturated carbocycles. The van der Waals surface area contributed by atoms with Gasteiger partial charge in [0.25, 0.3) is 0 Å². The van der Waals surface area contributed by atoms with Gasteiger partial charge in [0.15, 0.2) is 5.78 Å². The topological polar surface area (TPSA) is 20.3 Å². The van der Waals surface area contributed by atoms with Crippen molar-refractivity contribution in [3.63, 3.8) is 0 Å². The van der Waals surface area contributed by atoms with Crippen molar-refractivity contribution >= 4 is 11.5 Å². The van der Waals surface area contributed by atoms with E-state index < -0.39 is 0 Å². The molecule has 0 N–H and O–H groups in total. The molecule has 2 aromatic carbocycles. The number of rotatable bonds is 3. The van der Waals surface area contributed by atoms with E-state index in [0.29, 0.717) is 12.5 Å². The van der Waals surface area contributed by atoms with Crippen LogP contribution in [0.2, 0.25) is 0 Å². The second-order valence-electron chi connectivity index (χ2n) is 5.61. The van der Waals surface area contributed by atoms with E-state index >= 15 is 0 Å². The molecule has 2 aromatic rings. The molecule has 0 fully saturated rings. The van der Waals surface area contributed by atoms with Gasteiger partial charge in [0, 0.05) is 17.8 Å². The highest BCUT2D eigenvalue weighted by Crippen LogP contribution is 2.29. The van der Waals surface area contributed by atoms with Crippen LogP contribution in [0, 0.1) is 5.92 Å². The highest BCUT2D eigenvalue weighted by atomic mass is 16.1. The molecule has 1 aliphatic rings. The molecule has 3 rings (SSSR count). The van der Waals surface area contributed by atoms with Crippen LogP contribution in [0.15, 0.2) is 54.6 Å². The molecule has 0 radical (unpaired) electrons. The molecule has 2 nitrogen and oxygen atoms in total. The Labute approximate surface area is 120 Å². The maximum atomic E-state index is 12.4. The number of hydrogen-bond acceptors (Lipinski definition) is 2. The molecule has 0 saturated heterocycles. The first-order chi connectivity index (χ1) is 9.74. The molecule has 0 spiro atoms. The molecule has 1 unspecified atom stereocenters. The Morgan fingerprint density at radius 1 is 1.10 bits per heavy atom. The van der Waals surface area contributed by atoms with Gasteiger partial charge in [-0.15, -0.1) is 0 Å². The molecule has 1 aliphatic heterocycles. The van der Waals surface area contributed by atoms with E-state index in [1.165, 1.54) is 11.3 Å². The van der Waals surface area contributed by atoms with Crippen LogP contribution in [0.4, 0.5) is 5.69 Å². The van der Waals surface area contributed by atoms with E-state index in [1.54, 1.807) is 0 Å². The molecule has 1 heterocycles. The molecule has 1 atom stereocenters. The Balaban J connectivity index is 1.83. The molecule has 0 aromatic heterocycles. The lowest BCUT2D eigenvalue weighted by atomic mass is 9.93. The van der Waals surface area contributed by atoms with Crippen molar-refractivity contribution < 1.29 is 4.79 Å². The third-order valence-corrected chi connectivity index (χ3v) is 3.86. The van der Waals surface area contributed by atoms with E-state index in [2.05, 4.69) is 36.1 Å². The molecular weight excluding hydrogens is 246 g/mol. The van der Waals surface area contributed by atoms with Crippen LogP contribution in [0.1, 0.15) is 22.8 Å². The smallest absolute Gasteiger partial charge is 0.182 e. The maximum Gasteiger partial charge on any atom is 0.182 e. The van der Waals surface area contributed by atoms with Crippen molar-refractivity contribution in [1.29, 1.82) is 0 Å². The summed E-state index contributed by atoms with van der Waals surface area (Å²) in [6.45, 7) is 3.66. The number of carbonyl (C=O) groups is 1. The number of nitrogens with zero attached hydrogens (tertiary/aromatic N) is 1. The van der Waals surface area contributed by atoms with Crippen LogP contribution in [0.3, 0.4) is 0 Å². The minimum Gasteiger partial charge on any atom is -0.363 e. The number of Topliss-reactive ketones (excluding diaryl/α,β-unsaturated/α-hetero) is 1. The molecule has 0 aliphatic carbocycles. The average molecular weight is 265 g/mol. The number of ketones is 1. The SMILES string of the molecule is CC1Cc2ccccc2N(CC(=O)c2ccccc2)C1. The number of para-hydroxylation sites is 1. The highest BCUT2D eigenvalue weighted by Gasteiger charge is 2.23. The Morgan fingerprint density at radius 3 is 2.60 bits per heavy atom. The Kier molecular flexibility index (Phi) is 3.55. The van der Waals surface area contributed by atoms with E-state index in [0.717, 1.165) is 18.5 Å². The first kappa shape index (κ1) is 12.9. The van der Waals surface area contributed by atoms with E-state index in [-0.39, 0.29) is 5.78 Å². The second kappa shape index (κ2) is 5.49. The standard InChI is InChI=1S/C18H19NO/c1-14-11-16-9-5-6-10-17(16)19(12-14)13-18(20)15-7-3-2-4-8-15/h2-10,14H,11-13H2,1H3. The van der Waals surface area contributed by atoms with Crippen LogP contribution in [0.5, 0.6) is 0 Å². The van der Waals surface area contributed by atoms with Crippen LogP contribution in [0.25, 0.3) is 0 Å². The van der Waals surface area contributed by atoms with Gasteiger partial charge >= 0.3 is 0 Å². The van der Waals surface area contributed by atoms with Gasteiger partial charge in [0.2, 0.25) is 0 Å². The van der Waals surface area contributed by atoms with Gasteiger partial charge in [-0.25, -0.2) is 0 Å². The zero-order valence-electron chi connectivity index (χ0n) is 11.8. The van der Waals surface area contributed by atoms with Crippen molar-refractivity contribution in [2.75, 3.05) is 18.0 Å². The predicted molar refractivity (Wildman–Crippen MR) is 82.3 cm³/mol. The minimum atomic E-state index is 0.189. The fraction of sp³-hybridized carbons (Fsp3) is 0.278. The monoisotopic (exact) mass is 265 g/mol. The summed E-state index contributed by atoms with van der Waals surface area (Å²) in [6.07, 6.45) is 1.10. The summed E-state index contributed by atoms with van der Waals surface area (Å²) < 4.78 is 0. The quantitative estimate of drug-likeness (QED) is 0.791. The van der Waals surface area contributed by atoms with Crippen LogP contribution < -0.4 is 4.90 Å². The Bertz CT molecular complexity index is 606. The molecule has 0 bridgehead atoms. The number of hydrogen-bond donors (Lipinski definition) is 0. The summed E-state index contributed by atoms with van der Waals surface area (Å²) in [4.78, 5) is 14.6. The minimum absolute atomic E-state index is 0.189. The number of fused-ring (bicyclic) bond motifs is 1. The van der Waals surface area contributed by atoms with E-state index in [4.69, 9.17) is 0 Å². The zero-order chi connectivity index (χ0) is 13.9. The van der Waals surface area contributed by atoms with Gasteiger partial charge in [0.1, 0.15) is 0 Å². The van der Waals surface area contributed by atoms with Crippen molar-refractivity contribution in [1.82, 2.24) is 0 Å². The van der Waals surface area contributed by atoms with Crippen molar-refractivity contribution in [3.05, 3.63) is 65.7 Å². The maximum absolute atomic E-state index is 12.4. The molecule has 102 valence electrons. The normalized spacial score (nSPS) is 17.6. The lowest BCUT2D eigenvalue weighted by Gasteiger charge is -2.34. The zero-order valence-corrected chi connectivity index (χ0v) is 11.8. The van der Waals surface area contributed by atoms with Crippen LogP contribution in [-0.2, 0) is 6.42 Å². The van der Waals surface area contributed by atoms with Gasteiger partial charge in [-0.2, -0.15) is 0 Å². The first-order valence-corrected chi connectivity index (χ1v) is 7.15. The van der Waals surface area contributed by atoms with Gasteiger partial charge in [-0.3, -0.25) is 4.79 Å². The average Bonchev–Trinajstić information content (AvgIpc) is 2.48. The summed E-state index contributed by atoms with van der Waals surface area (Å²) in [5, 5.41) is 0. The Morgan fingerprint density at radius 2 is 1.80 bits per heavy atom. The van der Waals surface area contributed by atoms with Crippen molar-refractivity contribution in [2.45, 2.75) is 13.3 Å². The van der Waals surface area contributed by atoms with E-state index in [9.17, 15) is 4.79 Å². The van der Waals surface area contributed by atoms with Gasteiger partial charge < -0.3 is 4.90 Å². The van der Waals surface area contributed by atoms with Crippen LogP contribution in [-0.4, -0.2) is 18.9 Å². The summed E-state index contributed by atoms with van der Waals surface area (Å²) in [5.41, 5.74) is 3.37. The fourth-order valence-electron chi connectivity index (χ4n) is 2.94. The Hall–Kier alpha value is -2.09. The summed E-state index contributed by atoms with van der Waals surface area (Å²) >= 11 is 0. The molecule has 0 amide bonds. The summed E-state index contributed by atoms with van der Waals surface area (Å²) in [5.74, 6) is 0.781. The third-order valence-electron chi connectivity index (χ3n) is 3.86. The van der Waals surface area contributed by atoms with E-state index in [1.807, 2.05) is 30.3 Å². The van der Waals surface area contributed by atoms with Gasteiger partial charge in [-0.1, -0.05) is 55.5 Å². The second-order valence-corrected chi connectivity index (χ2v) is 5.61. The van der Waals surface area contributed by atoms with Crippen molar-refractivity contribution in [3.8, 4) is 0 Å². The van der Waals surface area contributed by atoms with Gasteiger partial charge in [0.05, 0.1) is 6.54 Å². The predicted octanol–water partition coefficient (Wildman–Crippen LogP) is 3.57. The largest absolute Gasteiger partial charge is 0.363 e. The number of anilines is 1. The van der Waals surface area contributed by atoms with Gasteiger partial charge in [-0.05, 0) is 24.0 Å². The molecule has 2 heteroatoms. The number of carbonyl (C=O) groups excluding carboxylic acids is 1. The van der Waals surface area contributed by atoms with Crippen molar-refractivity contribution in [2.24, 2.45) is 5.92 Å². The number of benzene rings is 2. The molecule has 20 heavy (non-hydrogen) atoms. The van der Waals surface area contributed by atoms with Crippen LogP contribution >= 0.6 is 0 Å². The molecular formula is C18H19NO. The lowest BCUT2D eigenvalue weighted by Crippen LogP contribution is -2.38. The highest BCUT2D eigenvalue weighted by molar-refractivity contribution is 5.99.